The summed E-state index contributed by atoms with van der Waals surface area (Å²) in [4.78, 5) is 0. The van der Waals surface area contributed by atoms with Crippen molar-refractivity contribution >= 4 is 15.9 Å². The maximum atomic E-state index is 5.97. The second-order valence-corrected chi connectivity index (χ2v) is 5.66. The maximum absolute atomic E-state index is 5.97. The van der Waals surface area contributed by atoms with E-state index in [1.165, 1.54) is 31.2 Å². The molecule has 0 bridgehead atoms. The summed E-state index contributed by atoms with van der Waals surface area (Å²) in [6, 6.07) is 6.23. The summed E-state index contributed by atoms with van der Waals surface area (Å²) < 4.78 is 7.08. The van der Waals surface area contributed by atoms with Gasteiger partial charge in [0.1, 0.15) is 5.75 Å². The predicted molar refractivity (Wildman–Crippen MR) is 74.4 cm³/mol. The summed E-state index contributed by atoms with van der Waals surface area (Å²) in [5, 5.41) is 3.18. The summed E-state index contributed by atoms with van der Waals surface area (Å²) in [6.07, 6.45) is 5.41. The van der Waals surface area contributed by atoms with Gasteiger partial charge in [0.25, 0.3) is 0 Å². The van der Waals surface area contributed by atoms with Crippen LogP contribution in [0.5, 0.6) is 5.75 Å². The molecule has 0 aliphatic heterocycles. The van der Waals surface area contributed by atoms with Gasteiger partial charge < -0.3 is 10.1 Å². The molecule has 2 nitrogen and oxygen atoms in total. The Labute approximate surface area is 112 Å². The van der Waals surface area contributed by atoms with Gasteiger partial charge in [-0.05, 0) is 44.0 Å². The fourth-order valence-electron chi connectivity index (χ4n) is 2.40. The minimum atomic E-state index is 0.765. The third-order valence-electron chi connectivity index (χ3n) is 3.34. The Morgan fingerprint density at radius 2 is 2.12 bits per heavy atom. The average Bonchev–Trinajstić information content (AvgIpc) is 2.81. The van der Waals surface area contributed by atoms with Gasteiger partial charge in [0, 0.05) is 16.6 Å². The molecule has 0 amide bonds. The number of ether oxygens (including phenoxy) is 1. The van der Waals surface area contributed by atoms with E-state index in [4.69, 9.17) is 4.74 Å². The minimum Gasteiger partial charge on any atom is -0.493 e. The van der Waals surface area contributed by atoms with Crippen LogP contribution in [0.1, 0.15) is 31.2 Å². The first-order chi connectivity index (χ1) is 8.29. The molecule has 2 rings (SSSR count). The number of halogens is 1. The molecule has 0 aromatic heterocycles. The summed E-state index contributed by atoms with van der Waals surface area (Å²) in [6.45, 7) is 1.72. The normalized spacial score (nSPS) is 16.4. The van der Waals surface area contributed by atoms with Crippen LogP contribution in [0.3, 0.4) is 0 Å². The Kier molecular flexibility index (Phi) is 4.86. The molecule has 0 atom stereocenters. The second-order valence-electron chi connectivity index (χ2n) is 4.74. The Hall–Kier alpha value is -0.540. The Bertz CT molecular complexity index is 361. The third-order valence-corrected chi connectivity index (χ3v) is 3.83. The predicted octanol–water partition coefficient (Wildman–Crippen LogP) is 3.74. The van der Waals surface area contributed by atoms with Gasteiger partial charge in [-0.3, -0.25) is 0 Å². The molecule has 1 aromatic carbocycles. The van der Waals surface area contributed by atoms with Crippen LogP contribution in [0.4, 0.5) is 0 Å². The highest BCUT2D eigenvalue weighted by Crippen LogP contribution is 2.28. The largest absolute Gasteiger partial charge is 0.493 e. The number of benzene rings is 1. The first-order valence-electron chi connectivity index (χ1n) is 6.35. The van der Waals surface area contributed by atoms with E-state index in [-0.39, 0.29) is 0 Å². The van der Waals surface area contributed by atoms with E-state index in [2.05, 4.69) is 33.4 Å². The molecular weight excluding hydrogens is 278 g/mol. The summed E-state index contributed by atoms with van der Waals surface area (Å²) in [7, 11) is 1.96. The standard InChI is InChI=1S/C14H20BrNO/c1-16-9-12-8-13(15)6-7-14(12)17-10-11-4-2-3-5-11/h6-8,11,16H,2-5,9-10H2,1H3. The van der Waals surface area contributed by atoms with E-state index in [1.807, 2.05) is 13.1 Å². The Balaban J connectivity index is 1.98. The van der Waals surface area contributed by atoms with E-state index in [0.717, 1.165) is 29.3 Å². The zero-order valence-corrected chi connectivity index (χ0v) is 11.9. The molecular formula is C14H20BrNO. The molecule has 0 heterocycles. The number of rotatable bonds is 5. The molecule has 3 heteroatoms. The third kappa shape index (κ3) is 3.71. The van der Waals surface area contributed by atoms with E-state index in [1.54, 1.807) is 0 Å². The molecule has 17 heavy (non-hydrogen) atoms. The molecule has 0 radical (unpaired) electrons. The van der Waals surface area contributed by atoms with Crippen molar-refractivity contribution in [3.63, 3.8) is 0 Å². The Morgan fingerprint density at radius 3 is 2.82 bits per heavy atom. The first-order valence-corrected chi connectivity index (χ1v) is 7.14. The van der Waals surface area contributed by atoms with E-state index >= 15 is 0 Å². The van der Waals surface area contributed by atoms with Gasteiger partial charge in [-0.15, -0.1) is 0 Å². The van der Waals surface area contributed by atoms with E-state index in [0.29, 0.717) is 0 Å². The lowest BCUT2D eigenvalue weighted by molar-refractivity contribution is 0.249. The minimum absolute atomic E-state index is 0.765. The molecule has 1 fully saturated rings. The van der Waals surface area contributed by atoms with Crippen molar-refractivity contribution in [2.45, 2.75) is 32.2 Å². The quantitative estimate of drug-likeness (QED) is 0.894. The van der Waals surface area contributed by atoms with Crippen LogP contribution in [0.2, 0.25) is 0 Å². The fraction of sp³-hybridized carbons (Fsp3) is 0.571. The van der Waals surface area contributed by atoms with Crippen LogP contribution in [0.15, 0.2) is 22.7 Å². The smallest absolute Gasteiger partial charge is 0.123 e. The highest BCUT2D eigenvalue weighted by atomic mass is 79.9. The second kappa shape index (κ2) is 6.41. The fourth-order valence-corrected chi connectivity index (χ4v) is 2.81. The van der Waals surface area contributed by atoms with Gasteiger partial charge in [-0.25, -0.2) is 0 Å². The molecule has 1 aliphatic rings. The monoisotopic (exact) mass is 297 g/mol. The van der Waals surface area contributed by atoms with Crippen molar-refractivity contribution in [3.8, 4) is 5.75 Å². The van der Waals surface area contributed by atoms with E-state index in [9.17, 15) is 0 Å². The van der Waals surface area contributed by atoms with Gasteiger partial charge in [0.2, 0.25) is 0 Å². The van der Waals surface area contributed by atoms with Crippen molar-refractivity contribution in [2.75, 3.05) is 13.7 Å². The summed E-state index contributed by atoms with van der Waals surface area (Å²) in [5.41, 5.74) is 1.22. The van der Waals surface area contributed by atoms with Crippen molar-refractivity contribution in [1.29, 1.82) is 0 Å². The molecule has 1 aliphatic carbocycles. The van der Waals surface area contributed by atoms with Gasteiger partial charge >= 0.3 is 0 Å². The zero-order chi connectivity index (χ0) is 12.1. The van der Waals surface area contributed by atoms with Crippen LogP contribution in [0, 0.1) is 5.92 Å². The molecule has 0 spiro atoms. The van der Waals surface area contributed by atoms with E-state index < -0.39 is 0 Å². The van der Waals surface area contributed by atoms with Crippen molar-refractivity contribution < 1.29 is 4.74 Å². The molecule has 94 valence electrons. The highest BCUT2D eigenvalue weighted by molar-refractivity contribution is 9.10. The van der Waals surface area contributed by atoms with Gasteiger partial charge in [0.05, 0.1) is 6.61 Å². The van der Waals surface area contributed by atoms with Crippen LogP contribution < -0.4 is 10.1 Å². The molecule has 0 saturated heterocycles. The topological polar surface area (TPSA) is 21.3 Å². The lowest BCUT2D eigenvalue weighted by Gasteiger charge is -2.15. The Morgan fingerprint density at radius 1 is 1.35 bits per heavy atom. The van der Waals surface area contributed by atoms with Crippen molar-refractivity contribution in [2.24, 2.45) is 5.92 Å². The van der Waals surface area contributed by atoms with Crippen LogP contribution in [-0.4, -0.2) is 13.7 Å². The van der Waals surface area contributed by atoms with Crippen molar-refractivity contribution in [1.82, 2.24) is 5.32 Å². The molecule has 1 N–H and O–H groups in total. The van der Waals surface area contributed by atoms with Crippen LogP contribution >= 0.6 is 15.9 Å². The zero-order valence-electron chi connectivity index (χ0n) is 10.3. The van der Waals surface area contributed by atoms with Crippen molar-refractivity contribution in [3.05, 3.63) is 28.2 Å². The SMILES string of the molecule is CNCc1cc(Br)ccc1OCC1CCCC1. The number of hydrogen-bond donors (Lipinski definition) is 1. The van der Waals surface area contributed by atoms with Gasteiger partial charge in [0.15, 0.2) is 0 Å². The first kappa shape index (κ1) is 12.9. The van der Waals surface area contributed by atoms with Crippen LogP contribution in [-0.2, 0) is 6.54 Å². The highest BCUT2D eigenvalue weighted by Gasteiger charge is 2.16. The number of nitrogens with one attached hydrogen (secondary N) is 1. The van der Waals surface area contributed by atoms with Gasteiger partial charge in [-0.2, -0.15) is 0 Å². The average molecular weight is 298 g/mol. The number of hydrogen-bond acceptors (Lipinski definition) is 2. The lowest BCUT2D eigenvalue weighted by atomic mass is 10.1. The molecule has 0 unspecified atom stereocenters. The van der Waals surface area contributed by atoms with Crippen LogP contribution in [0.25, 0.3) is 0 Å². The summed E-state index contributed by atoms with van der Waals surface area (Å²) >= 11 is 3.50. The molecule has 1 aromatic rings. The summed E-state index contributed by atoms with van der Waals surface area (Å²) in [5.74, 6) is 1.79. The maximum Gasteiger partial charge on any atom is 0.123 e. The molecule has 1 saturated carbocycles. The van der Waals surface area contributed by atoms with Gasteiger partial charge in [-0.1, -0.05) is 28.8 Å². The lowest BCUT2D eigenvalue weighted by Crippen LogP contribution is -2.11.